The van der Waals surface area contributed by atoms with Crippen LogP contribution in [0.5, 0.6) is 0 Å². The largest absolute Gasteiger partial charge is 0.500 e. The highest BCUT2D eigenvalue weighted by Gasteiger charge is 2.40. The molecule has 0 saturated carbocycles. The van der Waals surface area contributed by atoms with Gasteiger partial charge in [-0.3, -0.25) is 0 Å². The summed E-state index contributed by atoms with van der Waals surface area (Å²) in [6.07, 6.45) is 1.38. The Labute approximate surface area is 254 Å². The van der Waals surface area contributed by atoms with E-state index in [2.05, 4.69) is 21.3 Å². The third-order valence-electron chi connectivity index (χ3n) is 5.97. The van der Waals surface area contributed by atoms with Gasteiger partial charge < -0.3 is 47.8 Å². The van der Waals surface area contributed by atoms with Crippen LogP contribution in [0, 0.1) is 0 Å². The molecule has 0 heterocycles. The Bertz CT molecular complexity index is 785. The maximum atomic E-state index is 12.3. The lowest BCUT2D eigenvalue weighted by atomic mass is 10.1. The van der Waals surface area contributed by atoms with E-state index < -0.39 is 17.6 Å². The Kier molecular flexibility index (Phi) is 20.3. The lowest BCUT2D eigenvalue weighted by Gasteiger charge is -2.28. The van der Waals surface area contributed by atoms with Crippen LogP contribution in [-0.4, -0.2) is 82.4 Å². The minimum absolute atomic E-state index is 0.250. The Morgan fingerprint density at radius 3 is 1.21 bits per heavy atom. The first-order valence-electron chi connectivity index (χ1n) is 15.3. The first-order chi connectivity index (χ1) is 20.3. The van der Waals surface area contributed by atoms with Gasteiger partial charge in [-0.2, -0.15) is 0 Å². The summed E-state index contributed by atoms with van der Waals surface area (Å²) in [7, 11) is -5.42. The van der Waals surface area contributed by atoms with Crippen molar-refractivity contribution in [2.45, 2.75) is 79.6 Å². The minimum atomic E-state index is -2.71. The topological polar surface area (TPSA) is 138 Å². The molecule has 0 radical (unpaired) electrons. The fourth-order valence-corrected chi connectivity index (χ4v) is 9.58. The van der Waals surface area contributed by atoms with Gasteiger partial charge in [0.15, 0.2) is 0 Å². The molecule has 242 valence electrons. The zero-order valence-corrected chi connectivity index (χ0v) is 28.5. The Morgan fingerprint density at radius 2 is 0.905 bits per heavy atom. The summed E-state index contributed by atoms with van der Waals surface area (Å²) >= 11 is 0. The van der Waals surface area contributed by atoms with Gasteiger partial charge in [-0.15, -0.1) is 0 Å². The number of rotatable bonds is 24. The molecule has 0 fully saturated rings. The molecular formula is C28H54N4O8Si2. The van der Waals surface area contributed by atoms with Crippen molar-refractivity contribution in [1.82, 2.24) is 21.3 Å². The van der Waals surface area contributed by atoms with Crippen molar-refractivity contribution in [3.63, 3.8) is 0 Å². The van der Waals surface area contributed by atoms with Gasteiger partial charge in [0.05, 0.1) is 0 Å². The van der Waals surface area contributed by atoms with Crippen molar-refractivity contribution in [3.05, 3.63) is 35.4 Å². The third-order valence-corrected chi connectivity index (χ3v) is 12.3. The summed E-state index contributed by atoms with van der Waals surface area (Å²) in [4.78, 5) is 24.6. The van der Waals surface area contributed by atoms with Crippen LogP contribution < -0.4 is 21.3 Å². The summed E-state index contributed by atoms with van der Waals surface area (Å²) in [5.74, 6) is 0. The molecule has 0 unspecified atom stereocenters. The van der Waals surface area contributed by atoms with Crippen LogP contribution in [-0.2, 0) is 39.6 Å². The molecule has 12 nitrogen and oxygen atoms in total. The maximum absolute atomic E-state index is 12.3. The van der Waals surface area contributed by atoms with Gasteiger partial charge in [0.25, 0.3) is 0 Å². The van der Waals surface area contributed by atoms with E-state index in [0.29, 0.717) is 90.8 Å². The fraction of sp³-hybridized carbons (Fsp3) is 0.714. The molecule has 0 saturated heterocycles. The Hall–Kier alpha value is -2.05. The van der Waals surface area contributed by atoms with Gasteiger partial charge in [0.2, 0.25) is 0 Å². The lowest BCUT2D eigenvalue weighted by molar-refractivity contribution is 0.0700. The number of carbonyl (C=O) groups is 2. The number of carbonyl (C=O) groups excluding carboxylic acids is 2. The average Bonchev–Trinajstić information content (AvgIpc) is 2.96. The van der Waals surface area contributed by atoms with E-state index in [0.717, 1.165) is 11.1 Å². The van der Waals surface area contributed by atoms with Crippen LogP contribution in [0.15, 0.2) is 24.3 Å². The SMILES string of the molecule is CCO[Si](CCCNC(=O)NCc1cccc(CNC(=O)NCCC[Si](OCC)(OCC)OCC)c1)(OCC)OCC. The first kappa shape index (κ1) is 38.0. The fourth-order valence-electron chi connectivity index (χ4n) is 4.36. The number of urea groups is 2. The molecule has 0 aliphatic rings. The summed E-state index contributed by atoms with van der Waals surface area (Å²) in [6, 6.07) is 8.51. The predicted octanol–water partition coefficient (Wildman–Crippen LogP) is 4.16. The molecule has 14 heteroatoms. The smallest absolute Gasteiger partial charge is 0.374 e. The molecule has 0 bridgehead atoms. The van der Waals surface area contributed by atoms with Crippen molar-refractivity contribution in [2.75, 3.05) is 52.7 Å². The van der Waals surface area contributed by atoms with Crippen molar-refractivity contribution in [3.8, 4) is 0 Å². The van der Waals surface area contributed by atoms with Gasteiger partial charge in [0.1, 0.15) is 0 Å². The third kappa shape index (κ3) is 15.4. The predicted molar refractivity (Wildman–Crippen MR) is 167 cm³/mol. The summed E-state index contributed by atoms with van der Waals surface area (Å²) in [5.41, 5.74) is 1.87. The van der Waals surface area contributed by atoms with Crippen LogP contribution in [0.3, 0.4) is 0 Å². The normalized spacial score (nSPS) is 11.8. The van der Waals surface area contributed by atoms with Crippen LogP contribution >= 0.6 is 0 Å². The second kappa shape index (κ2) is 22.5. The maximum Gasteiger partial charge on any atom is 0.500 e. The molecule has 0 aromatic heterocycles. The van der Waals surface area contributed by atoms with E-state index in [1.54, 1.807) is 0 Å². The molecule has 4 N–H and O–H groups in total. The molecule has 0 aliphatic heterocycles. The molecule has 0 atom stereocenters. The lowest BCUT2D eigenvalue weighted by Crippen LogP contribution is -2.46. The standard InChI is InChI=1S/C28H54N4O8Si2/c1-7-35-41(36-8-2,37-9-3)20-14-18-29-27(33)31-23-25-16-13-17-26(22-25)24-32-28(34)30-19-15-21-42(38-10-4,39-11-5)40-12-6/h13,16-17,22H,7-12,14-15,18-21,23-24H2,1-6H3,(H2,29,31,33)(H2,30,32,34). The van der Waals surface area contributed by atoms with Crippen molar-refractivity contribution in [1.29, 1.82) is 0 Å². The number of hydrogen-bond acceptors (Lipinski definition) is 8. The number of nitrogens with one attached hydrogen (secondary N) is 4. The summed E-state index contributed by atoms with van der Waals surface area (Å²) in [6.45, 7) is 16.4. The van der Waals surface area contributed by atoms with E-state index >= 15 is 0 Å². The van der Waals surface area contributed by atoms with E-state index in [1.165, 1.54) is 0 Å². The number of hydrogen-bond donors (Lipinski definition) is 4. The second-order valence-electron chi connectivity index (χ2n) is 9.21. The van der Waals surface area contributed by atoms with Crippen molar-refractivity contribution >= 4 is 29.7 Å². The van der Waals surface area contributed by atoms with E-state index in [9.17, 15) is 9.59 Å². The quantitative estimate of drug-likeness (QED) is 0.0987. The Balaban J connectivity index is 2.40. The van der Waals surface area contributed by atoms with Crippen LogP contribution in [0.25, 0.3) is 0 Å². The van der Waals surface area contributed by atoms with Crippen LogP contribution in [0.2, 0.25) is 12.1 Å². The highest BCUT2D eigenvalue weighted by molar-refractivity contribution is 6.61. The molecular weight excluding hydrogens is 577 g/mol. The first-order valence-corrected chi connectivity index (χ1v) is 19.1. The monoisotopic (exact) mass is 630 g/mol. The van der Waals surface area contributed by atoms with Crippen LogP contribution in [0.4, 0.5) is 9.59 Å². The van der Waals surface area contributed by atoms with Gasteiger partial charge in [0, 0.05) is 77.9 Å². The molecule has 0 aliphatic carbocycles. The summed E-state index contributed by atoms with van der Waals surface area (Å²) < 4.78 is 35.1. The number of benzene rings is 1. The Morgan fingerprint density at radius 1 is 0.571 bits per heavy atom. The molecule has 42 heavy (non-hydrogen) atoms. The summed E-state index contributed by atoms with van der Waals surface area (Å²) in [5, 5.41) is 11.5. The molecule has 4 amide bonds. The van der Waals surface area contributed by atoms with Gasteiger partial charge >= 0.3 is 29.7 Å². The highest BCUT2D eigenvalue weighted by Crippen LogP contribution is 2.19. The highest BCUT2D eigenvalue weighted by atomic mass is 28.4. The van der Waals surface area contributed by atoms with Gasteiger partial charge in [-0.25, -0.2) is 9.59 Å². The van der Waals surface area contributed by atoms with Crippen molar-refractivity contribution < 1.29 is 36.1 Å². The zero-order chi connectivity index (χ0) is 31.1. The second-order valence-corrected chi connectivity index (χ2v) is 14.7. The van der Waals surface area contributed by atoms with Gasteiger partial charge in [-0.1, -0.05) is 24.3 Å². The van der Waals surface area contributed by atoms with E-state index in [4.69, 9.17) is 26.6 Å². The molecule has 1 aromatic rings. The zero-order valence-electron chi connectivity index (χ0n) is 26.5. The van der Waals surface area contributed by atoms with E-state index in [-0.39, 0.29) is 12.1 Å². The molecule has 1 rings (SSSR count). The van der Waals surface area contributed by atoms with E-state index in [1.807, 2.05) is 65.8 Å². The van der Waals surface area contributed by atoms with Crippen LogP contribution in [0.1, 0.15) is 65.5 Å². The molecule has 0 spiro atoms. The number of amides is 4. The molecule has 1 aromatic carbocycles. The van der Waals surface area contributed by atoms with Crippen molar-refractivity contribution in [2.24, 2.45) is 0 Å². The minimum Gasteiger partial charge on any atom is -0.374 e. The average molecular weight is 631 g/mol. The van der Waals surface area contributed by atoms with Gasteiger partial charge in [-0.05, 0) is 65.5 Å².